The highest BCUT2D eigenvalue weighted by Gasteiger charge is 2.34. The van der Waals surface area contributed by atoms with Gasteiger partial charge in [-0.05, 0) is 25.1 Å². The number of para-hydroxylation sites is 2. The minimum atomic E-state index is -0.554. The Hall–Kier alpha value is -3.94. The number of amides is 2. The molecule has 3 aromatic rings. The molecule has 0 spiro atoms. The Balaban J connectivity index is 1.48. The van der Waals surface area contributed by atoms with Crippen molar-refractivity contribution in [1.29, 1.82) is 0 Å². The lowest BCUT2D eigenvalue weighted by Crippen LogP contribution is -2.44. The van der Waals surface area contributed by atoms with E-state index >= 15 is 0 Å². The summed E-state index contributed by atoms with van der Waals surface area (Å²) in [5, 5.41) is 6.66. The van der Waals surface area contributed by atoms with Crippen molar-refractivity contribution in [2.24, 2.45) is 12.1 Å². The number of Topliss-reactive ketones (excluding diaryl/α,β-unsaturated/α-hetero) is 1. The number of hydrazone groups is 1. The van der Waals surface area contributed by atoms with Crippen LogP contribution in [0.4, 0.5) is 5.69 Å². The smallest absolute Gasteiger partial charge is 0.285 e. The van der Waals surface area contributed by atoms with Gasteiger partial charge in [-0.15, -0.1) is 0 Å². The molecule has 0 saturated carbocycles. The number of aryl methyl sites for hydroxylation is 1. The predicted octanol–water partition coefficient (Wildman–Crippen LogP) is 2.16. The highest BCUT2D eigenvalue weighted by molar-refractivity contribution is 6.40. The van der Waals surface area contributed by atoms with Crippen molar-refractivity contribution < 1.29 is 14.4 Å². The van der Waals surface area contributed by atoms with Crippen molar-refractivity contribution >= 4 is 39.9 Å². The van der Waals surface area contributed by atoms with E-state index in [0.29, 0.717) is 5.56 Å². The van der Waals surface area contributed by atoms with Gasteiger partial charge in [-0.2, -0.15) is 5.10 Å². The van der Waals surface area contributed by atoms with Crippen LogP contribution in [0.15, 0.2) is 65.9 Å². The molecule has 30 heavy (non-hydrogen) atoms. The summed E-state index contributed by atoms with van der Waals surface area (Å²) in [7, 11) is 1.85. The molecule has 8 nitrogen and oxygen atoms in total. The molecule has 0 aliphatic carbocycles. The van der Waals surface area contributed by atoms with E-state index in [4.69, 9.17) is 0 Å². The number of fused-ring (bicyclic) bond motifs is 1. The Morgan fingerprint density at radius 3 is 2.37 bits per heavy atom. The van der Waals surface area contributed by atoms with Crippen molar-refractivity contribution in [1.82, 2.24) is 15.4 Å². The topological polar surface area (TPSA) is 95.8 Å². The van der Waals surface area contributed by atoms with Gasteiger partial charge in [0.15, 0.2) is 5.78 Å². The van der Waals surface area contributed by atoms with Crippen LogP contribution >= 0.6 is 0 Å². The lowest BCUT2D eigenvalue weighted by Gasteiger charge is -2.20. The van der Waals surface area contributed by atoms with Crippen molar-refractivity contribution in [3.8, 4) is 0 Å². The number of anilines is 1. The first-order valence-corrected chi connectivity index (χ1v) is 9.52. The molecule has 1 atom stereocenters. The second-order valence-electron chi connectivity index (χ2n) is 7.14. The molecule has 0 radical (unpaired) electrons. The highest BCUT2D eigenvalue weighted by Crippen LogP contribution is 2.25. The van der Waals surface area contributed by atoms with Crippen LogP contribution in [-0.2, 0) is 16.6 Å². The number of aromatic nitrogens is 1. The number of rotatable bonds is 4. The van der Waals surface area contributed by atoms with E-state index in [0.717, 1.165) is 16.6 Å². The highest BCUT2D eigenvalue weighted by atomic mass is 16.2. The van der Waals surface area contributed by atoms with Crippen molar-refractivity contribution in [3.63, 3.8) is 0 Å². The SMILES string of the molecule is CC(=O)C1CC(C(=O)NNC(=O)c2cn(C)c3ccccc23)=NN1c1ccccc1. The lowest BCUT2D eigenvalue weighted by molar-refractivity contribution is -0.118. The summed E-state index contributed by atoms with van der Waals surface area (Å²) in [6, 6.07) is 16.1. The third-order valence-corrected chi connectivity index (χ3v) is 5.09. The Bertz CT molecular complexity index is 1170. The summed E-state index contributed by atoms with van der Waals surface area (Å²) < 4.78 is 1.85. The summed E-state index contributed by atoms with van der Waals surface area (Å²) in [6.07, 6.45) is 1.88. The van der Waals surface area contributed by atoms with Crippen LogP contribution in [0, 0.1) is 0 Å². The van der Waals surface area contributed by atoms with Crippen LogP contribution < -0.4 is 15.9 Å². The molecule has 152 valence electrons. The number of benzene rings is 2. The van der Waals surface area contributed by atoms with Gasteiger partial charge in [-0.1, -0.05) is 36.4 Å². The Kier molecular flexibility index (Phi) is 5.05. The first-order chi connectivity index (χ1) is 14.5. The van der Waals surface area contributed by atoms with Crippen LogP contribution in [0.1, 0.15) is 23.7 Å². The maximum atomic E-state index is 12.6. The number of hydrogen-bond acceptors (Lipinski definition) is 5. The monoisotopic (exact) mass is 403 g/mol. The van der Waals surface area contributed by atoms with Gasteiger partial charge in [0.1, 0.15) is 11.8 Å². The molecule has 2 aromatic carbocycles. The Morgan fingerprint density at radius 1 is 0.967 bits per heavy atom. The number of nitrogens with one attached hydrogen (secondary N) is 2. The standard InChI is InChI=1S/C22H21N5O3/c1-14(28)20-12-18(25-27(20)15-8-4-3-5-9-15)22(30)24-23-21(29)17-13-26(2)19-11-7-6-10-16(17)19/h3-11,13,20H,12H2,1-2H3,(H,23,29)(H,24,30). The van der Waals surface area contributed by atoms with Gasteiger partial charge in [0.2, 0.25) is 0 Å². The average molecular weight is 403 g/mol. The van der Waals surface area contributed by atoms with E-state index in [9.17, 15) is 14.4 Å². The molecule has 2 N–H and O–H groups in total. The summed E-state index contributed by atoms with van der Waals surface area (Å²) >= 11 is 0. The van der Waals surface area contributed by atoms with E-state index < -0.39 is 17.9 Å². The van der Waals surface area contributed by atoms with Gasteiger partial charge >= 0.3 is 0 Å². The van der Waals surface area contributed by atoms with Gasteiger partial charge in [-0.25, -0.2) is 0 Å². The second kappa shape index (κ2) is 7.82. The number of carbonyl (C=O) groups excluding carboxylic acids is 3. The molecule has 2 amide bonds. The molecule has 1 aliphatic heterocycles. The zero-order chi connectivity index (χ0) is 21.3. The number of hydrogen-bond donors (Lipinski definition) is 2. The number of ketones is 1. The van der Waals surface area contributed by atoms with Crippen LogP contribution in [0.5, 0.6) is 0 Å². The Morgan fingerprint density at radius 2 is 1.63 bits per heavy atom. The average Bonchev–Trinajstić information content (AvgIpc) is 3.35. The molecule has 4 rings (SSSR count). The third-order valence-electron chi connectivity index (χ3n) is 5.09. The molecular formula is C22H21N5O3. The Labute approximate surface area is 173 Å². The van der Waals surface area contributed by atoms with E-state index in [1.54, 1.807) is 11.2 Å². The van der Waals surface area contributed by atoms with Crippen LogP contribution in [-0.4, -0.2) is 33.9 Å². The number of hydrazine groups is 1. The van der Waals surface area contributed by atoms with E-state index in [2.05, 4.69) is 16.0 Å². The second-order valence-corrected chi connectivity index (χ2v) is 7.14. The molecule has 8 heteroatoms. The first-order valence-electron chi connectivity index (χ1n) is 9.52. The largest absolute Gasteiger partial charge is 0.350 e. The van der Waals surface area contributed by atoms with E-state index in [-0.39, 0.29) is 17.9 Å². The number of nitrogens with zero attached hydrogens (tertiary/aromatic N) is 3. The summed E-state index contributed by atoms with van der Waals surface area (Å²) in [5.41, 5.74) is 7.12. The van der Waals surface area contributed by atoms with Gasteiger partial charge in [-0.3, -0.25) is 30.2 Å². The molecule has 1 unspecified atom stereocenters. The molecule has 0 fully saturated rings. The quantitative estimate of drug-likeness (QED) is 0.653. The fraction of sp³-hybridized carbons (Fsp3) is 0.182. The predicted molar refractivity (Wildman–Crippen MR) is 114 cm³/mol. The number of carbonyl (C=O) groups is 3. The fourth-order valence-electron chi connectivity index (χ4n) is 3.56. The van der Waals surface area contributed by atoms with E-state index in [1.165, 1.54) is 6.92 Å². The van der Waals surface area contributed by atoms with Gasteiger partial charge < -0.3 is 4.57 Å². The van der Waals surface area contributed by atoms with Gasteiger partial charge in [0.25, 0.3) is 11.8 Å². The maximum Gasteiger partial charge on any atom is 0.285 e. The van der Waals surface area contributed by atoms with Crippen molar-refractivity contribution in [2.75, 3.05) is 5.01 Å². The van der Waals surface area contributed by atoms with Crippen LogP contribution in [0.3, 0.4) is 0 Å². The zero-order valence-electron chi connectivity index (χ0n) is 16.6. The van der Waals surface area contributed by atoms with Gasteiger partial charge in [0.05, 0.1) is 11.3 Å². The molecule has 1 aromatic heterocycles. The minimum Gasteiger partial charge on any atom is -0.350 e. The third kappa shape index (κ3) is 3.55. The molecular weight excluding hydrogens is 382 g/mol. The van der Waals surface area contributed by atoms with E-state index in [1.807, 2.05) is 66.2 Å². The zero-order valence-corrected chi connectivity index (χ0v) is 16.6. The molecule has 0 saturated heterocycles. The lowest BCUT2D eigenvalue weighted by atomic mass is 10.1. The van der Waals surface area contributed by atoms with Crippen molar-refractivity contribution in [3.05, 3.63) is 66.4 Å². The van der Waals surface area contributed by atoms with Gasteiger partial charge in [0, 0.05) is 30.6 Å². The minimum absolute atomic E-state index is 0.0924. The maximum absolute atomic E-state index is 12.6. The molecule has 1 aliphatic rings. The van der Waals surface area contributed by atoms with Crippen LogP contribution in [0.25, 0.3) is 10.9 Å². The summed E-state index contributed by atoms with van der Waals surface area (Å²) in [4.78, 5) is 37.3. The fourth-order valence-corrected chi connectivity index (χ4v) is 3.56. The summed E-state index contributed by atoms with van der Waals surface area (Å²) in [6.45, 7) is 1.47. The molecule has 2 heterocycles. The summed E-state index contributed by atoms with van der Waals surface area (Å²) in [5.74, 6) is -1.07. The first kappa shape index (κ1) is 19.4. The molecule has 0 bridgehead atoms. The van der Waals surface area contributed by atoms with Crippen molar-refractivity contribution in [2.45, 2.75) is 19.4 Å². The van der Waals surface area contributed by atoms with Crippen LogP contribution in [0.2, 0.25) is 0 Å². The normalized spacial score (nSPS) is 15.7.